The minimum atomic E-state index is -0.238. The van der Waals surface area contributed by atoms with Gasteiger partial charge in [0.1, 0.15) is 6.04 Å². The molecule has 0 bridgehead atoms. The monoisotopic (exact) mass is 282 g/mol. The lowest BCUT2D eigenvalue weighted by Crippen LogP contribution is -2.36. The molecule has 0 saturated carbocycles. The highest BCUT2D eigenvalue weighted by atomic mass is 32.2. The number of nitrogens with zero attached hydrogens (tertiary/aromatic N) is 1. The second-order valence-electron chi connectivity index (χ2n) is 4.35. The number of aromatic nitrogens is 1. The zero-order valence-electron chi connectivity index (χ0n) is 12.0. The summed E-state index contributed by atoms with van der Waals surface area (Å²) in [5, 5.41) is 4.00. The van der Waals surface area contributed by atoms with Crippen molar-refractivity contribution in [3.8, 4) is 0 Å². The average molecular weight is 282 g/mol. The molecule has 1 aromatic rings. The number of ether oxygens (including phenoxy) is 1. The first-order chi connectivity index (χ1) is 9.06. The Morgan fingerprint density at radius 1 is 1.47 bits per heavy atom. The van der Waals surface area contributed by atoms with E-state index in [4.69, 9.17) is 4.74 Å². The van der Waals surface area contributed by atoms with Crippen LogP contribution < -0.4 is 5.32 Å². The Morgan fingerprint density at radius 2 is 2.21 bits per heavy atom. The molecule has 0 aromatic carbocycles. The number of thioether (sulfide) groups is 1. The van der Waals surface area contributed by atoms with Crippen LogP contribution in [0.3, 0.4) is 0 Å². The number of carbonyl (C=O) groups excluding carboxylic acids is 1. The Labute approximate surface area is 119 Å². The highest BCUT2D eigenvalue weighted by Gasteiger charge is 2.17. The number of hydrogen-bond donors (Lipinski definition) is 1. The predicted molar refractivity (Wildman–Crippen MR) is 78.5 cm³/mol. The molecule has 1 N–H and O–H groups in total. The summed E-state index contributed by atoms with van der Waals surface area (Å²) in [4.78, 5) is 16.1. The van der Waals surface area contributed by atoms with E-state index in [0.29, 0.717) is 6.61 Å². The quantitative estimate of drug-likeness (QED) is 0.614. The van der Waals surface area contributed by atoms with Crippen molar-refractivity contribution >= 4 is 17.7 Å². The molecule has 1 atom stereocenters. The number of pyridine rings is 1. The topological polar surface area (TPSA) is 51.2 Å². The van der Waals surface area contributed by atoms with Gasteiger partial charge in [-0.15, -0.1) is 11.8 Å². The summed E-state index contributed by atoms with van der Waals surface area (Å²) >= 11 is 1.67. The van der Waals surface area contributed by atoms with E-state index in [1.165, 1.54) is 5.56 Å². The van der Waals surface area contributed by atoms with Gasteiger partial charge in [0.25, 0.3) is 0 Å². The molecule has 0 amide bonds. The van der Waals surface area contributed by atoms with Crippen molar-refractivity contribution in [3.05, 3.63) is 23.4 Å². The molecule has 1 aromatic heterocycles. The zero-order chi connectivity index (χ0) is 14.3. The summed E-state index contributed by atoms with van der Waals surface area (Å²) < 4.78 is 5.01. The highest BCUT2D eigenvalue weighted by molar-refractivity contribution is 7.99. The van der Waals surface area contributed by atoms with Gasteiger partial charge in [-0.25, -0.2) is 4.98 Å². The molecule has 5 heteroatoms. The lowest BCUT2D eigenvalue weighted by atomic mass is 10.2. The lowest BCUT2D eigenvalue weighted by molar-refractivity contribution is -0.145. The molecular formula is C14H22N2O2S. The normalized spacial score (nSPS) is 12.2. The van der Waals surface area contributed by atoms with Crippen LogP contribution in [0, 0.1) is 13.8 Å². The van der Waals surface area contributed by atoms with Crippen LogP contribution in [0.5, 0.6) is 0 Å². The molecule has 0 radical (unpaired) electrons. The largest absolute Gasteiger partial charge is 0.465 e. The fourth-order valence-electron chi connectivity index (χ4n) is 1.78. The van der Waals surface area contributed by atoms with E-state index in [0.717, 1.165) is 22.9 Å². The van der Waals surface area contributed by atoms with Crippen LogP contribution in [0.2, 0.25) is 0 Å². The van der Waals surface area contributed by atoms with E-state index in [-0.39, 0.29) is 12.0 Å². The zero-order valence-corrected chi connectivity index (χ0v) is 12.8. The Kier molecular flexibility index (Phi) is 6.87. The standard InChI is InChI=1S/C14H22N2O2S/c1-5-18-14(17)12(15-4)6-7-19-13-9-10(2)8-11(3)16-13/h8-9,12,15H,5-7H2,1-4H3. The van der Waals surface area contributed by atoms with Gasteiger partial charge in [-0.05, 0) is 51.9 Å². The van der Waals surface area contributed by atoms with Crippen molar-refractivity contribution in [1.82, 2.24) is 10.3 Å². The Balaban J connectivity index is 2.45. The number of carbonyl (C=O) groups is 1. The molecular weight excluding hydrogens is 260 g/mol. The fraction of sp³-hybridized carbons (Fsp3) is 0.571. The van der Waals surface area contributed by atoms with Gasteiger partial charge in [0.15, 0.2) is 0 Å². The first-order valence-corrected chi connectivity index (χ1v) is 7.47. The van der Waals surface area contributed by atoms with E-state index < -0.39 is 0 Å². The smallest absolute Gasteiger partial charge is 0.323 e. The third kappa shape index (κ3) is 5.61. The summed E-state index contributed by atoms with van der Waals surface area (Å²) in [6, 6.07) is 3.88. The van der Waals surface area contributed by atoms with Crippen LogP contribution in [-0.2, 0) is 9.53 Å². The van der Waals surface area contributed by atoms with Gasteiger partial charge in [-0.3, -0.25) is 4.79 Å². The fourth-order valence-corrected chi connectivity index (χ4v) is 2.82. The molecule has 1 heterocycles. The third-order valence-corrected chi connectivity index (χ3v) is 3.60. The summed E-state index contributed by atoms with van der Waals surface area (Å²) in [7, 11) is 1.78. The van der Waals surface area contributed by atoms with Crippen molar-refractivity contribution < 1.29 is 9.53 Å². The van der Waals surface area contributed by atoms with E-state index in [2.05, 4.69) is 29.4 Å². The minimum absolute atomic E-state index is 0.181. The summed E-state index contributed by atoms with van der Waals surface area (Å²) in [6.45, 7) is 6.29. The number of nitrogens with one attached hydrogen (secondary N) is 1. The highest BCUT2D eigenvalue weighted by Crippen LogP contribution is 2.19. The third-order valence-electron chi connectivity index (χ3n) is 2.65. The van der Waals surface area contributed by atoms with Crippen LogP contribution in [0.15, 0.2) is 17.2 Å². The van der Waals surface area contributed by atoms with Crippen LogP contribution in [0.1, 0.15) is 24.6 Å². The molecule has 0 aliphatic heterocycles. The SMILES string of the molecule is CCOC(=O)C(CCSc1cc(C)cc(C)n1)NC. The van der Waals surface area contributed by atoms with E-state index in [1.54, 1.807) is 18.8 Å². The maximum Gasteiger partial charge on any atom is 0.323 e. The number of likely N-dealkylation sites (N-methyl/N-ethyl adjacent to an activating group) is 1. The lowest BCUT2D eigenvalue weighted by Gasteiger charge is -2.14. The van der Waals surface area contributed by atoms with Crippen molar-refractivity contribution in [1.29, 1.82) is 0 Å². The number of aryl methyl sites for hydroxylation is 2. The van der Waals surface area contributed by atoms with E-state index in [1.807, 2.05) is 13.8 Å². The Hall–Kier alpha value is -1.07. The molecule has 0 aliphatic carbocycles. The van der Waals surface area contributed by atoms with Gasteiger partial charge in [0.2, 0.25) is 0 Å². The molecule has 4 nitrogen and oxygen atoms in total. The predicted octanol–water partition coefficient (Wildman–Crippen LogP) is 2.33. The van der Waals surface area contributed by atoms with Crippen molar-refractivity contribution in [2.45, 2.75) is 38.3 Å². The van der Waals surface area contributed by atoms with Gasteiger partial charge >= 0.3 is 5.97 Å². The maximum atomic E-state index is 11.6. The molecule has 106 valence electrons. The second kappa shape index (κ2) is 8.17. The van der Waals surface area contributed by atoms with Crippen LogP contribution >= 0.6 is 11.8 Å². The van der Waals surface area contributed by atoms with Crippen LogP contribution in [0.25, 0.3) is 0 Å². The molecule has 0 saturated heterocycles. The number of hydrogen-bond acceptors (Lipinski definition) is 5. The Bertz CT molecular complexity index is 404. The molecule has 0 fully saturated rings. The van der Waals surface area contributed by atoms with Gasteiger partial charge < -0.3 is 10.1 Å². The molecule has 1 unspecified atom stereocenters. The molecule has 19 heavy (non-hydrogen) atoms. The summed E-state index contributed by atoms with van der Waals surface area (Å²) in [6.07, 6.45) is 0.731. The first kappa shape index (κ1) is 16.0. The first-order valence-electron chi connectivity index (χ1n) is 6.48. The number of esters is 1. The van der Waals surface area contributed by atoms with Crippen molar-refractivity contribution in [3.63, 3.8) is 0 Å². The average Bonchev–Trinajstić information content (AvgIpc) is 2.33. The maximum absolute atomic E-state index is 11.6. The van der Waals surface area contributed by atoms with Crippen molar-refractivity contribution in [2.24, 2.45) is 0 Å². The molecule has 1 rings (SSSR count). The number of rotatable bonds is 7. The van der Waals surface area contributed by atoms with E-state index >= 15 is 0 Å². The van der Waals surface area contributed by atoms with Gasteiger partial charge in [-0.1, -0.05) is 0 Å². The van der Waals surface area contributed by atoms with E-state index in [9.17, 15) is 4.79 Å². The molecule has 0 aliphatic rings. The Morgan fingerprint density at radius 3 is 2.79 bits per heavy atom. The summed E-state index contributed by atoms with van der Waals surface area (Å²) in [5.74, 6) is 0.652. The van der Waals surface area contributed by atoms with Crippen LogP contribution in [-0.4, -0.2) is 36.4 Å². The summed E-state index contributed by atoms with van der Waals surface area (Å²) in [5.41, 5.74) is 2.24. The second-order valence-corrected chi connectivity index (χ2v) is 5.47. The minimum Gasteiger partial charge on any atom is -0.465 e. The molecule has 0 spiro atoms. The van der Waals surface area contributed by atoms with Crippen LogP contribution in [0.4, 0.5) is 0 Å². The van der Waals surface area contributed by atoms with Crippen molar-refractivity contribution in [2.75, 3.05) is 19.4 Å². The van der Waals surface area contributed by atoms with Gasteiger partial charge in [0.05, 0.1) is 11.6 Å². The van der Waals surface area contributed by atoms with Gasteiger partial charge in [-0.2, -0.15) is 0 Å². The van der Waals surface area contributed by atoms with Gasteiger partial charge in [0, 0.05) is 11.4 Å².